The SMILES string of the molecule is CCCNC(c1c(Br)cnn1C)C1CCCCC1. The van der Waals surface area contributed by atoms with Crippen LogP contribution < -0.4 is 5.32 Å². The highest BCUT2D eigenvalue weighted by Gasteiger charge is 2.28. The normalized spacial score (nSPS) is 19.1. The average Bonchev–Trinajstić information content (AvgIpc) is 2.72. The third kappa shape index (κ3) is 3.15. The van der Waals surface area contributed by atoms with Crippen molar-refractivity contribution >= 4 is 15.9 Å². The van der Waals surface area contributed by atoms with Crippen LogP contribution >= 0.6 is 15.9 Å². The molecule has 1 fully saturated rings. The maximum atomic E-state index is 4.37. The molecule has 102 valence electrons. The van der Waals surface area contributed by atoms with Crippen molar-refractivity contribution in [2.75, 3.05) is 6.54 Å². The van der Waals surface area contributed by atoms with Crippen LogP contribution in [0, 0.1) is 5.92 Å². The zero-order valence-electron chi connectivity index (χ0n) is 11.5. The molecular formula is C14H24BrN3. The minimum atomic E-state index is 0.451. The standard InChI is InChI=1S/C14H24BrN3/c1-3-9-16-13(11-7-5-4-6-8-11)14-12(15)10-17-18(14)2/h10-11,13,16H,3-9H2,1-2H3. The van der Waals surface area contributed by atoms with Crippen LogP contribution in [0.2, 0.25) is 0 Å². The van der Waals surface area contributed by atoms with Gasteiger partial charge in [0.2, 0.25) is 0 Å². The Balaban J connectivity index is 2.18. The zero-order valence-corrected chi connectivity index (χ0v) is 13.0. The van der Waals surface area contributed by atoms with Gasteiger partial charge in [-0.3, -0.25) is 4.68 Å². The fraction of sp³-hybridized carbons (Fsp3) is 0.786. The van der Waals surface area contributed by atoms with Crippen LogP contribution in [0.25, 0.3) is 0 Å². The Morgan fingerprint density at radius 3 is 2.72 bits per heavy atom. The Kier molecular flexibility index (Phi) is 5.25. The molecular weight excluding hydrogens is 290 g/mol. The molecule has 1 aromatic rings. The molecule has 1 atom stereocenters. The zero-order chi connectivity index (χ0) is 13.0. The lowest BCUT2D eigenvalue weighted by atomic mass is 9.82. The fourth-order valence-corrected chi connectivity index (χ4v) is 3.62. The molecule has 4 heteroatoms. The van der Waals surface area contributed by atoms with Crippen molar-refractivity contribution in [1.29, 1.82) is 0 Å². The largest absolute Gasteiger partial charge is 0.308 e. The first kappa shape index (κ1) is 14.1. The topological polar surface area (TPSA) is 29.9 Å². The van der Waals surface area contributed by atoms with E-state index in [1.165, 1.54) is 44.2 Å². The quantitative estimate of drug-likeness (QED) is 0.896. The second kappa shape index (κ2) is 6.71. The summed E-state index contributed by atoms with van der Waals surface area (Å²) in [7, 11) is 2.05. The third-order valence-electron chi connectivity index (χ3n) is 3.97. The number of hydrogen-bond donors (Lipinski definition) is 1. The summed E-state index contributed by atoms with van der Waals surface area (Å²) in [6.07, 6.45) is 9.95. The molecule has 1 unspecified atom stereocenters. The Hall–Kier alpha value is -0.350. The number of aryl methyl sites for hydroxylation is 1. The van der Waals surface area contributed by atoms with Crippen LogP contribution in [0.1, 0.15) is 57.2 Å². The van der Waals surface area contributed by atoms with E-state index >= 15 is 0 Å². The van der Waals surface area contributed by atoms with E-state index < -0.39 is 0 Å². The van der Waals surface area contributed by atoms with Crippen LogP contribution in [0.5, 0.6) is 0 Å². The molecule has 2 rings (SSSR count). The third-order valence-corrected chi connectivity index (χ3v) is 4.58. The molecule has 1 heterocycles. The van der Waals surface area contributed by atoms with E-state index in [1.54, 1.807) is 0 Å². The van der Waals surface area contributed by atoms with E-state index in [4.69, 9.17) is 0 Å². The maximum absolute atomic E-state index is 4.37. The number of aromatic nitrogens is 2. The summed E-state index contributed by atoms with van der Waals surface area (Å²) in [5.41, 5.74) is 1.32. The molecule has 0 spiro atoms. The molecule has 0 radical (unpaired) electrons. The lowest BCUT2D eigenvalue weighted by Gasteiger charge is -2.31. The summed E-state index contributed by atoms with van der Waals surface area (Å²) in [6, 6.07) is 0.451. The average molecular weight is 314 g/mol. The van der Waals surface area contributed by atoms with Crippen molar-refractivity contribution in [2.24, 2.45) is 13.0 Å². The Bertz CT molecular complexity index is 350. The van der Waals surface area contributed by atoms with Gasteiger partial charge in [0.25, 0.3) is 0 Å². The maximum Gasteiger partial charge on any atom is 0.0695 e. The Morgan fingerprint density at radius 1 is 1.44 bits per heavy atom. The molecule has 0 saturated heterocycles. The molecule has 1 N–H and O–H groups in total. The predicted molar refractivity (Wildman–Crippen MR) is 78.5 cm³/mol. The second-order valence-electron chi connectivity index (χ2n) is 5.33. The number of rotatable bonds is 5. The molecule has 18 heavy (non-hydrogen) atoms. The summed E-state index contributed by atoms with van der Waals surface area (Å²) in [5, 5.41) is 8.10. The van der Waals surface area contributed by atoms with Gasteiger partial charge in [-0.05, 0) is 47.7 Å². The van der Waals surface area contributed by atoms with E-state index in [9.17, 15) is 0 Å². The summed E-state index contributed by atoms with van der Waals surface area (Å²) < 4.78 is 3.16. The molecule has 0 bridgehead atoms. The highest BCUT2D eigenvalue weighted by molar-refractivity contribution is 9.10. The molecule has 1 saturated carbocycles. The van der Waals surface area contributed by atoms with Crippen molar-refractivity contribution in [1.82, 2.24) is 15.1 Å². The highest BCUT2D eigenvalue weighted by atomic mass is 79.9. The van der Waals surface area contributed by atoms with Gasteiger partial charge in [0.05, 0.1) is 22.4 Å². The number of hydrogen-bond acceptors (Lipinski definition) is 2. The van der Waals surface area contributed by atoms with Gasteiger partial charge >= 0.3 is 0 Å². The number of nitrogens with one attached hydrogen (secondary N) is 1. The van der Waals surface area contributed by atoms with Crippen molar-refractivity contribution in [3.63, 3.8) is 0 Å². The number of halogens is 1. The van der Waals surface area contributed by atoms with Gasteiger partial charge in [0.15, 0.2) is 0 Å². The van der Waals surface area contributed by atoms with E-state index in [-0.39, 0.29) is 0 Å². The fourth-order valence-electron chi connectivity index (χ4n) is 3.02. The van der Waals surface area contributed by atoms with Gasteiger partial charge in [-0.1, -0.05) is 26.2 Å². The molecule has 0 aromatic carbocycles. The van der Waals surface area contributed by atoms with Crippen LogP contribution in [-0.2, 0) is 7.05 Å². The smallest absolute Gasteiger partial charge is 0.0695 e. The van der Waals surface area contributed by atoms with Gasteiger partial charge in [0.1, 0.15) is 0 Å². The first-order valence-corrected chi connectivity index (χ1v) is 7.94. The molecule has 1 aliphatic rings. The monoisotopic (exact) mass is 313 g/mol. The molecule has 3 nitrogen and oxygen atoms in total. The van der Waals surface area contributed by atoms with Crippen molar-refractivity contribution in [3.05, 3.63) is 16.4 Å². The van der Waals surface area contributed by atoms with Crippen LogP contribution in [0.3, 0.4) is 0 Å². The van der Waals surface area contributed by atoms with Gasteiger partial charge in [-0.15, -0.1) is 0 Å². The van der Waals surface area contributed by atoms with E-state index in [0.717, 1.165) is 16.9 Å². The minimum Gasteiger partial charge on any atom is -0.308 e. The first-order valence-electron chi connectivity index (χ1n) is 7.14. The lowest BCUT2D eigenvalue weighted by molar-refractivity contribution is 0.262. The van der Waals surface area contributed by atoms with Gasteiger partial charge < -0.3 is 5.32 Å². The summed E-state index contributed by atoms with van der Waals surface area (Å²) in [4.78, 5) is 0. The minimum absolute atomic E-state index is 0.451. The van der Waals surface area contributed by atoms with Crippen LogP contribution in [0.4, 0.5) is 0 Å². The molecule has 1 aromatic heterocycles. The van der Waals surface area contributed by atoms with Gasteiger partial charge in [-0.2, -0.15) is 5.10 Å². The summed E-state index contributed by atoms with van der Waals surface area (Å²) in [5.74, 6) is 0.761. The Morgan fingerprint density at radius 2 is 2.17 bits per heavy atom. The van der Waals surface area contributed by atoms with E-state index in [1.807, 2.05) is 17.9 Å². The Labute approximate surface area is 118 Å². The van der Waals surface area contributed by atoms with E-state index in [2.05, 4.69) is 33.3 Å². The van der Waals surface area contributed by atoms with Crippen molar-refractivity contribution in [3.8, 4) is 0 Å². The van der Waals surface area contributed by atoms with Crippen molar-refractivity contribution in [2.45, 2.75) is 51.5 Å². The van der Waals surface area contributed by atoms with Gasteiger partial charge in [0, 0.05) is 7.05 Å². The van der Waals surface area contributed by atoms with Gasteiger partial charge in [-0.25, -0.2) is 0 Å². The van der Waals surface area contributed by atoms with E-state index in [0.29, 0.717) is 6.04 Å². The predicted octanol–water partition coefficient (Wildman–Crippen LogP) is 3.80. The van der Waals surface area contributed by atoms with Crippen LogP contribution in [0.15, 0.2) is 10.7 Å². The number of nitrogens with zero attached hydrogens (tertiary/aromatic N) is 2. The summed E-state index contributed by atoms with van der Waals surface area (Å²) in [6.45, 7) is 3.31. The highest BCUT2D eigenvalue weighted by Crippen LogP contribution is 2.36. The first-order chi connectivity index (χ1) is 8.74. The molecule has 0 aliphatic heterocycles. The summed E-state index contributed by atoms with van der Waals surface area (Å²) >= 11 is 3.65. The second-order valence-corrected chi connectivity index (χ2v) is 6.19. The molecule has 1 aliphatic carbocycles. The van der Waals surface area contributed by atoms with Crippen molar-refractivity contribution < 1.29 is 0 Å². The molecule has 0 amide bonds. The van der Waals surface area contributed by atoms with Crippen LogP contribution in [-0.4, -0.2) is 16.3 Å². The lowest BCUT2D eigenvalue weighted by Crippen LogP contribution is -2.32.